The number of amides is 1. The second-order valence-corrected chi connectivity index (χ2v) is 4.05. The van der Waals surface area contributed by atoms with Crippen LogP contribution in [-0.4, -0.2) is 18.3 Å². The monoisotopic (exact) mass is 283 g/mol. The van der Waals surface area contributed by atoms with Crippen molar-refractivity contribution in [1.29, 1.82) is 0 Å². The van der Waals surface area contributed by atoms with Gasteiger partial charge in [-0.3, -0.25) is 4.79 Å². The molecule has 0 spiro atoms. The molecule has 0 unspecified atom stereocenters. The van der Waals surface area contributed by atoms with E-state index < -0.39 is 24.3 Å². The average Bonchev–Trinajstić information content (AvgIpc) is 2.28. The molecule has 18 heavy (non-hydrogen) atoms. The molecule has 1 aromatic carbocycles. The maximum Gasteiger partial charge on any atom is 0.383 e. The zero-order valence-corrected chi connectivity index (χ0v) is 10.0. The summed E-state index contributed by atoms with van der Waals surface area (Å²) in [5.74, 6) is -6.74. The maximum atomic E-state index is 12.7. The highest BCUT2D eigenvalue weighted by atomic mass is 35.5. The molecule has 0 aliphatic carbocycles. The van der Waals surface area contributed by atoms with Crippen LogP contribution in [0.1, 0.15) is 18.5 Å². The molecule has 0 aliphatic heterocycles. The van der Waals surface area contributed by atoms with Gasteiger partial charge in [0.25, 0.3) is 5.91 Å². The first kappa shape index (κ1) is 14.8. The lowest BCUT2D eigenvalue weighted by atomic mass is 10.1. The first-order chi connectivity index (χ1) is 8.26. The number of alkyl halides is 4. The van der Waals surface area contributed by atoms with Gasteiger partial charge in [0, 0.05) is 5.02 Å². The average molecular weight is 284 g/mol. The van der Waals surface area contributed by atoms with Crippen molar-refractivity contribution < 1.29 is 22.4 Å². The van der Waals surface area contributed by atoms with Crippen LogP contribution in [0.5, 0.6) is 0 Å². The molecule has 0 saturated carbocycles. The van der Waals surface area contributed by atoms with Crippen LogP contribution in [0, 0.1) is 0 Å². The normalized spacial score (nSPS) is 13.5. The second-order valence-electron chi connectivity index (χ2n) is 3.64. The number of benzene rings is 1. The first-order valence-electron chi connectivity index (χ1n) is 4.98. The lowest BCUT2D eigenvalue weighted by Crippen LogP contribution is -2.46. The number of hydrogen-bond donors (Lipinski definition) is 1. The Hall–Kier alpha value is -1.30. The van der Waals surface area contributed by atoms with Gasteiger partial charge in [0.15, 0.2) is 0 Å². The lowest BCUT2D eigenvalue weighted by Gasteiger charge is -2.20. The van der Waals surface area contributed by atoms with E-state index in [2.05, 4.69) is 0 Å². The molecular weight excluding hydrogens is 274 g/mol. The fourth-order valence-electron chi connectivity index (χ4n) is 1.30. The number of rotatable bonds is 4. The molecule has 7 heteroatoms. The van der Waals surface area contributed by atoms with Crippen LogP contribution >= 0.6 is 11.6 Å². The minimum absolute atomic E-state index is 0.255. The summed E-state index contributed by atoms with van der Waals surface area (Å²) < 4.78 is 49.4. The van der Waals surface area contributed by atoms with Crippen LogP contribution in [0.25, 0.3) is 0 Å². The van der Waals surface area contributed by atoms with Crippen LogP contribution in [0.2, 0.25) is 5.02 Å². The van der Waals surface area contributed by atoms with Gasteiger partial charge < -0.3 is 5.32 Å². The third kappa shape index (κ3) is 3.13. The third-order valence-electron chi connectivity index (χ3n) is 2.30. The molecule has 0 aromatic heterocycles. The van der Waals surface area contributed by atoms with Crippen molar-refractivity contribution >= 4 is 17.5 Å². The highest BCUT2D eigenvalue weighted by Crippen LogP contribution is 2.26. The largest absolute Gasteiger partial charge is 0.383 e. The van der Waals surface area contributed by atoms with Gasteiger partial charge in [0.05, 0.1) is 6.04 Å². The summed E-state index contributed by atoms with van der Waals surface area (Å²) >= 11 is 5.79. The fourth-order valence-corrected chi connectivity index (χ4v) is 1.60. The summed E-state index contributed by atoms with van der Waals surface area (Å²) in [5, 5.41) is 2.06. The van der Waals surface area contributed by atoms with Crippen LogP contribution in [0.15, 0.2) is 24.3 Å². The minimum Gasteiger partial charge on any atom is -0.344 e. The highest BCUT2D eigenvalue weighted by Gasteiger charge is 2.49. The zero-order valence-electron chi connectivity index (χ0n) is 9.26. The van der Waals surface area contributed by atoms with Crippen LogP contribution in [-0.2, 0) is 4.79 Å². The predicted molar refractivity (Wildman–Crippen MR) is 59.0 cm³/mol. The van der Waals surface area contributed by atoms with Gasteiger partial charge in [0.1, 0.15) is 0 Å². The zero-order chi connectivity index (χ0) is 13.9. The Morgan fingerprint density at radius 1 is 1.33 bits per heavy atom. The number of halogens is 5. The Morgan fingerprint density at radius 3 is 2.39 bits per heavy atom. The molecule has 2 nitrogen and oxygen atoms in total. The molecule has 100 valence electrons. The first-order valence-corrected chi connectivity index (χ1v) is 5.36. The van der Waals surface area contributed by atoms with Crippen molar-refractivity contribution in [3.05, 3.63) is 34.9 Å². The van der Waals surface area contributed by atoms with Crippen molar-refractivity contribution in [1.82, 2.24) is 5.32 Å². The predicted octanol–water partition coefficient (Wildman–Crippen LogP) is 3.42. The second kappa shape index (κ2) is 5.56. The Morgan fingerprint density at radius 2 is 1.89 bits per heavy atom. The molecule has 1 aromatic rings. The van der Waals surface area contributed by atoms with Crippen molar-refractivity contribution in [3.63, 3.8) is 0 Å². The Balaban J connectivity index is 2.81. The topological polar surface area (TPSA) is 29.1 Å². The molecule has 1 amide bonds. The van der Waals surface area contributed by atoms with E-state index in [0.29, 0.717) is 5.56 Å². The van der Waals surface area contributed by atoms with E-state index in [1.807, 2.05) is 0 Å². The number of carbonyl (C=O) groups is 1. The van der Waals surface area contributed by atoms with E-state index in [9.17, 15) is 22.4 Å². The summed E-state index contributed by atoms with van der Waals surface area (Å²) in [6, 6.07) is 5.33. The van der Waals surface area contributed by atoms with Gasteiger partial charge in [0.2, 0.25) is 0 Å². The number of nitrogens with one attached hydrogen (secondary N) is 1. The summed E-state index contributed by atoms with van der Waals surface area (Å²) in [4.78, 5) is 11.0. The fraction of sp³-hybridized carbons (Fsp3) is 0.364. The Bertz CT molecular complexity index is 439. The van der Waals surface area contributed by atoms with Gasteiger partial charge in [-0.1, -0.05) is 29.8 Å². The van der Waals surface area contributed by atoms with Crippen molar-refractivity contribution in [2.24, 2.45) is 0 Å². The van der Waals surface area contributed by atoms with Crippen LogP contribution < -0.4 is 5.32 Å². The van der Waals surface area contributed by atoms with Crippen LogP contribution in [0.4, 0.5) is 17.6 Å². The molecule has 0 heterocycles. The molecule has 0 fully saturated rings. The van der Waals surface area contributed by atoms with Crippen LogP contribution in [0.3, 0.4) is 0 Å². The molecule has 0 saturated heterocycles. The summed E-state index contributed by atoms with van der Waals surface area (Å²) in [7, 11) is 0. The maximum absolute atomic E-state index is 12.7. The molecule has 0 radical (unpaired) electrons. The smallest absolute Gasteiger partial charge is 0.344 e. The molecular formula is C11H10ClF4NO. The summed E-state index contributed by atoms with van der Waals surface area (Å²) in [6.45, 7) is 1.38. The quantitative estimate of drug-likeness (QED) is 0.843. The number of hydrogen-bond acceptors (Lipinski definition) is 1. The van der Waals surface area contributed by atoms with Crippen molar-refractivity contribution in [2.45, 2.75) is 25.3 Å². The minimum atomic E-state index is -4.71. The van der Waals surface area contributed by atoms with Gasteiger partial charge in [-0.05, 0) is 18.6 Å². The Kier molecular flexibility index (Phi) is 4.56. The van der Waals surface area contributed by atoms with Gasteiger partial charge in [-0.15, -0.1) is 0 Å². The molecule has 1 N–H and O–H groups in total. The highest BCUT2D eigenvalue weighted by molar-refractivity contribution is 6.31. The summed E-state index contributed by atoms with van der Waals surface area (Å²) in [5.41, 5.74) is 0.373. The van der Waals surface area contributed by atoms with E-state index in [1.165, 1.54) is 19.1 Å². The Labute approximate surface area is 106 Å². The summed E-state index contributed by atoms with van der Waals surface area (Å²) in [6.07, 6.45) is -4.05. The lowest BCUT2D eigenvalue weighted by molar-refractivity contribution is -0.170. The van der Waals surface area contributed by atoms with E-state index in [0.717, 1.165) is 0 Å². The van der Waals surface area contributed by atoms with Crippen molar-refractivity contribution in [2.75, 3.05) is 0 Å². The van der Waals surface area contributed by atoms with Crippen molar-refractivity contribution in [3.8, 4) is 0 Å². The van der Waals surface area contributed by atoms with E-state index >= 15 is 0 Å². The molecule has 1 atom stereocenters. The van der Waals surface area contributed by atoms with E-state index in [4.69, 9.17) is 11.6 Å². The van der Waals surface area contributed by atoms with Gasteiger partial charge in [-0.2, -0.15) is 8.78 Å². The third-order valence-corrected chi connectivity index (χ3v) is 2.64. The SMILES string of the molecule is C[C@@H](NC(=O)C(F)(F)C(F)F)c1ccccc1Cl. The van der Waals surface area contributed by atoms with Gasteiger partial charge in [-0.25, -0.2) is 8.78 Å². The molecule has 1 rings (SSSR count). The molecule has 0 aliphatic rings. The van der Waals surface area contributed by atoms with E-state index in [-0.39, 0.29) is 5.02 Å². The van der Waals surface area contributed by atoms with Gasteiger partial charge >= 0.3 is 12.3 Å². The molecule has 0 bridgehead atoms. The standard InChI is InChI=1S/C11H10ClF4NO/c1-6(7-4-2-3-5-8(7)12)17-10(18)11(15,16)9(13)14/h2-6,9H,1H3,(H,17,18)/t6-/m1/s1. The van der Waals surface area contributed by atoms with E-state index in [1.54, 1.807) is 17.4 Å². The number of carbonyl (C=O) groups excluding carboxylic acids is 1.